The maximum Gasteiger partial charge on any atom is 0.164 e. The van der Waals surface area contributed by atoms with Crippen molar-refractivity contribution in [1.29, 1.82) is 0 Å². The van der Waals surface area contributed by atoms with E-state index in [1.54, 1.807) is 0 Å². The molecule has 0 saturated carbocycles. The lowest BCUT2D eigenvalue weighted by molar-refractivity contribution is 0.670. The van der Waals surface area contributed by atoms with E-state index >= 15 is 0 Å². The van der Waals surface area contributed by atoms with E-state index in [2.05, 4.69) is 146 Å². The molecule has 12 aromatic rings. The molecule has 0 spiro atoms. The molecule has 2 heterocycles. The van der Waals surface area contributed by atoms with Gasteiger partial charge >= 0.3 is 0 Å². The Bertz CT molecular complexity index is 3420. The minimum absolute atomic E-state index is 0.616. The lowest BCUT2D eigenvalue weighted by Gasteiger charge is -2.15. The van der Waals surface area contributed by atoms with E-state index in [0.717, 1.165) is 44.5 Å². The number of benzene rings is 10. The van der Waals surface area contributed by atoms with Gasteiger partial charge in [-0.25, -0.2) is 15.0 Å². The van der Waals surface area contributed by atoms with Crippen molar-refractivity contribution in [3.63, 3.8) is 0 Å². The topological polar surface area (TPSA) is 51.8 Å². The normalized spacial score (nSPS) is 12.0. The summed E-state index contributed by atoms with van der Waals surface area (Å²) in [6, 6.07) is 62.0. The van der Waals surface area contributed by atoms with Gasteiger partial charge in [-0.1, -0.05) is 152 Å². The second-order valence-corrected chi connectivity index (χ2v) is 14.4. The maximum absolute atomic E-state index is 6.79. The number of fused-ring (bicyclic) bond motifs is 2. The molecule has 0 radical (unpaired) electrons. The average Bonchev–Trinajstić information content (AvgIpc) is 3.66. The summed E-state index contributed by atoms with van der Waals surface area (Å²) in [7, 11) is 0. The van der Waals surface area contributed by atoms with Crippen molar-refractivity contribution in [3.8, 4) is 56.4 Å². The lowest BCUT2D eigenvalue weighted by Crippen LogP contribution is -2.00. The molecule has 10 aromatic carbocycles. The smallest absolute Gasteiger partial charge is 0.164 e. The fraction of sp³-hybridized carbons (Fsp3) is 0. The fourth-order valence-electron chi connectivity index (χ4n) is 8.60. The number of furan rings is 1. The van der Waals surface area contributed by atoms with Gasteiger partial charge in [0.15, 0.2) is 17.5 Å². The Balaban J connectivity index is 1.01. The second-order valence-electron chi connectivity index (χ2n) is 14.4. The fourth-order valence-corrected chi connectivity index (χ4v) is 8.60. The Kier molecular flexibility index (Phi) is 6.31. The molecule has 0 bridgehead atoms. The van der Waals surface area contributed by atoms with Gasteiger partial charge in [-0.3, -0.25) is 0 Å². The minimum Gasteiger partial charge on any atom is -0.455 e. The molecule has 55 heavy (non-hydrogen) atoms. The van der Waals surface area contributed by atoms with Crippen LogP contribution in [0.5, 0.6) is 0 Å². The number of hydrogen-bond acceptors (Lipinski definition) is 4. The zero-order valence-electron chi connectivity index (χ0n) is 29.5. The van der Waals surface area contributed by atoms with Crippen LogP contribution in [0.15, 0.2) is 180 Å². The third kappa shape index (κ3) is 4.62. The molecule has 0 fully saturated rings. The summed E-state index contributed by atoms with van der Waals surface area (Å²) in [6.45, 7) is 0. The first-order valence-electron chi connectivity index (χ1n) is 18.6. The van der Waals surface area contributed by atoms with Crippen LogP contribution in [0.4, 0.5) is 0 Å². The van der Waals surface area contributed by atoms with E-state index < -0.39 is 0 Å². The summed E-state index contributed by atoms with van der Waals surface area (Å²) in [6.07, 6.45) is 0. The van der Waals surface area contributed by atoms with Gasteiger partial charge in [-0.2, -0.15) is 0 Å². The van der Waals surface area contributed by atoms with E-state index in [4.69, 9.17) is 19.4 Å². The summed E-state index contributed by atoms with van der Waals surface area (Å²) < 4.78 is 6.79. The molecule has 0 saturated heterocycles. The number of hydrogen-bond donors (Lipinski definition) is 0. The molecule has 4 nitrogen and oxygen atoms in total. The minimum atomic E-state index is 0.616. The van der Waals surface area contributed by atoms with Gasteiger partial charge in [0, 0.05) is 38.4 Å². The Morgan fingerprint density at radius 2 is 0.891 bits per heavy atom. The van der Waals surface area contributed by atoms with E-state index in [0.29, 0.717) is 17.5 Å². The van der Waals surface area contributed by atoms with E-state index in [1.807, 2.05) is 30.3 Å². The van der Waals surface area contributed by atoms with Crippen molar-refractivity contribution in [3.05, 3.63) is 176 Å². The number of aromatic nitrogens is 3. The molecule has 4 heteroatoms. The molecule has 0 aliphatic rings. The van der Waals surface area contributed by atoms with E-state index in [1.165, 1.54) is 59.4 Å². The highest BCUT2D eigenvalue weighted by Crippen LogP contribution is 2.49. The molecule has 12 rings (SSSR count). The third-order valence-electron chi connectivity index (χ3n) is 11.2. The van der Waals surface area contributed by atoms with Gasteiger partial charge in [-0.15, -0.1) is 0 Å². The van der Waals surface area contributed by atoms with Gasteiger partial charge in [0.2, 0.25) is 0 Å². The molecule has 0 aliphatic heterocycles. The van der Waals surface area contributed by atoms with Crippen molar-refractivity contribution in [2.45, 2.75) is 0 Å². The summed E-state index contributed by atoms with van der Waals surface area (Å²) in [5.74, 6) is 1.87. The highest BCUT2D eigenvalue weighted by molar-refractivity contribution is 6.40. The Hall–Kier alpha value is -7.43. The zero-order chi connectivity index (χ0) is 36.0. The Labute approximate surface area is 315 Å². The Morgan fingerprint density at radius 1 is 0.309 bits per heavy atom. The maximum atomic E-state index is 6.79. The van der Waals surface area contributed by atoms with Crippen molar-refractivity contribution in [2.75, 3.05) is 0 Å². The zero-order valence-corrected chi connectivity index (χ0v) is 29.5. The summed E-state index contributed by atoms with van der Waals surface area (Å²) in [5.41, 5.74) is 8.99. The molecule has 0 unspecified atom stereocenters. The van der Waals surface area contributed by atoms with Crippen LogP contribution in [0.2, 0.25) is 0 Å². The van der Waals surface area contributed by atoms with Crippen molar-refractivity contribution in [1.82, 2.24) is 15.0 Å². The molecular weight excluding hydrogens is 671 g/mol. The predicted octanol–water partition coefficient (Wildman–Crippen LogP) is 13.6. The van der Waals surface area contributed by atoms with Gasteiger partial charge in [0.25, 0.3) is 0 Å². The van der Waals surface area contributed by atoms with E-state index in [-0.39, 0.29) is 0 Å². The standard InChI is InChI=1S/C51H29N3O/c1-2-10-33(11-3-1)49-52-50(34-23-19-31(20-24-34)36-25-21-30-9-4-5-12-35(30)27-36)54-51(53-49)39-15-6-14-37(28-39)42-29-38-26-22-32-13-7-16-40-41-17-8-18-43-46(41)47(48(42)55-43)45(38)44(32)40/h1-29H. The molecule has 0 atom stereocenters. The van der Waals surface area contributed by atoms with Crippen LogP contribution in [0, 0.1) is 0 Å². The van der Waals surface area contributed by atoms with Crippen LogP contribution >= 0.6 is 0 Å². The highest BCUT2D eigenvalue weighted by atomic mass is 16.3. The van der Waals surface area contributed by atoms with Crippen LogP contribution in [-0.4, -0.2) is 15.0 Å². The molecule has 0 N–H and O–H groups in total. The first-order chi connectivity index (χ1) is 27.2. The SMILES string of the molecule is c1ccc(-c2nc(-c3ccc(-c4ccc5ccccc5c4)cc3)nc(-c3cccc(-c4cc5ccc6cccc7c8cccc9oc4c(c98)c5c67)c3)n2)cc1. The van der Waals surface area contributed by atoms with Crippen molar-refractivity contribution < 1.29 is 4.42 Å². The quantitative estimate of drug-likeness (QED) is 0.133. The number of rotatable bonds is 5. The molecular formula is C51H29N3O. The lowest BCUT2D eigenvalue weighted by atomic mass is 9.87. The van der Waals surface area contributed by atoms with Gasteiger partial charge in [0.1, 0.15) is 11.2 Å². The predicted molar refractivity (Wildman–Crippen MR) is 227 cm³/mol. The van der Waals surface area contributed by atoms with Crippen LogP contribution in [0.25, 0.3) is 121 Å². The van der Waals surface area contributed by atoms with Crippen molar-refractivity contribution in [2.24, 2.45) is 0 Å². The van der Waals surface area contributed by atoms with E-state index in [9.17, 15) is 0 Å². The van der Waals surface area contributed by atoms with Crippen LogP contribution < -0.4 is 0 Å². The average molecular weight is 700 g/mol. The van der Waals surface area contributed by atoms with Gasteiger partial charge in [-0.05, 0) is 78.7 Å². The molecule has 254 valence electrons. The van der Waals surface area contributed by atoms with Gasteiger partial charge in [0.05, 0.1) is 0 Å². The van der Waals surface area contributed by atoms with Crippen LogP contribution in [-0.2, 0) is 0 Å². The van der Waals surface area contributed by atoms with Crippen LogP contribution in [0.3, 0.4) is 0 Å². The Morgan fingerprint density at radius 3 is 1.73 bits per heavy atom. The summed E-state index contributed by atoms with van der Waals surface area (Å²) in [5, 5.41) is 12.3. The first kappa shape index (κ1) is 30.1. The molecule has 0 aliphatic carbocycles. The monoisotopic (exact) mass is 699 g/mol. The highest BCUT2D eigenvalue weighted by Gasteiger charge is 2.23. The van der Waals surface area contributed by atoms with Crippen LogP contribution in [0.1, 0.15) is 0 Å². The molecule has 2 aromatic heterocycles. The van der Waals surface area contributed by atoms with Crippen molar-refractivity contribution >= 4 is 65.0 Å². The second kappa shape index (κ2) is 11.5. The molecule has 0 amide bonds. The third-order valence-corrected chi connectivity index (χ3v) is 11.2. The summed E-state index contributed by atoms with van der Waals surface area (Å²) in [4.78, 5) is 15.2. The summed E-state index contributed by atoms with van der Waals surface area (Å²) >= 11 is 0. The number of nitrogens with zero attached hydrogens (tertiary/aromatic N) is 3. The first-order valence-corrected chi connectivity index (χ1v) is 18.6. The largest absolute Gasteiger partial charge is 0.455 e. The van der Waals surface area contributed by atoms with Gasteiger partial charge < -0.3 is 4.42 Å².